The lowest BCUT2D eigenvalue weighted by atomic mass is 9.83. The lowest BCUT2D eigenvalue weighted by Crippen LogP contribution is -2.70. The fourth-order valence-corrected chi connectivity index (χ4v) is 8.82. The van der Waals surface area contributed by atoms with E-state index in [4.69, 9.17) is 27.1 Å². The predicted molar refractivity (Wildman–Crippen MR) is 173 cm³/mol. The molecule has 44 heavy (non-hydrogen) atoms. The molecule has 3 aromatic heterocycles. The summed E-state index contributed by atoms with van der Waals surface area (Å²) in [5, 5.41) is 9.58. The average molecular weight is 645 g/mol. The van der Waals surface area contributed by atoms with E-state index >= 15 is 4.39 Å². The van der Waals surface area contributed by atoms with Crippen LogP contribution in [0.4, 0.5) is 15.0 Å². The fraction of sp³-hybridized carbons (Fsp3) is 0.467. The van der Waals surface area contributed by atoms with Gasteiger partial charge in [0.15, 0.2) is 5.69 Å². The monoisotopic (exact) mass is 644 g/mol. The Labute approximate surface area is 263 Å². The molecule has 0 fully saturated rings. The molecular weight excluding hydrogens is 607 g/mol. The minimum absolute atomic E-state index is 0.0166. The van der Waals surface area contributed by atoms with Crippen LogP contribution in [0.15, 0.2) is 35.5 Å². The van der Waals surface area contributed by atoms with Crippen LogP contribution >= 0.6 is 22.1 Å². The molecule has 3 atom stereocenters. The van der Waals surface area contributed by atoms with Crippen molar-refractivity contribution in [2.24, 2.45) is 10.7 Å². The van der Waals surface area contributed by atoms with Crippen LogP contribution < -0.4 is 21.7 Å². The molecule has 0 radical (unpaired) electrons. The second kappa shape index (κ2) is 11.2. The highest BCUT2D eigenvalue weighted by Crippen LogP contribution is 2.61. The van der Waals surface area contributed by atoms with E-state index in [1.165, 1.54) is 12.1 Å². The van der Waals surface area contributed by atoms with Crippen molar-refractivity contribution < 1.29 is 18.7 Å². The molecule has 0 aliphatic carbocycles. The van der Waals surface area contributed by atoms with Crippen LogP contribution in [-0.4, -0.2) is 59.5 Å². The molecule has 14 heteroatoms. The van der Waals surface area contributed by atoms with Crippen molar-refractivity contribution >= 4 is 56.9 Å². The van der Waals surface area contributed by atoms with E-state index in [9.17, 15) is 9.59 Å². The highest BCUT2D eigenvalue weighted by molar-refractivity contribution is 8.19. The van der Waals surface area contributed by atoms with Gasteiger partial charge in [0.25, 0.3) is 5.91 Å². The topological polar surface area (TPSA) is 148 Å². The normalized spacial score (nSPS) is 24.0. The number of nitrogens with zero attached hydrogens (tertiary/aromatic N) is 4. The van der Waals surface area contributed by atoms with Crippen LogP contribution in [0.3, 0.4) is 0 Å². The number of amidine groups is 1. The number of anilines is 1. The zero-order valence-corrected chi connectivity index (χ0v) is 27.4. The number of nitrogens with two attached hydrogens (primary N) is 1. The molecule has 2 amide bonds. The molecule has 5 rings (SSSR count). The molecule has 0 bridgehead atoms. The number of pyridine rings is 2. The van der Waals surface area contributed by atoms with Gasteiger partial charge in [-0.1, -0.05) is 11.6 Å². The quantitative estimate of drug-likeness (QED) is 0.274. The number of hydrogen-bond acceptors (Lipinski definition) is 8. The Kier molecular flexibility index (Phi) is 8.15. The summed E-state index contributed by atoms with van der Waals surface area (Å²) in [6, 6.07) is 6.06. The molecule has 2 aliphatic rings. The highest BCUT2D eigenvalue weighted by Gasteiger charge is 2.63. The van der Waals surface area contributed by atoms with Gasteiger partial charge >= 0.3 is 6.09 Å². The number of ether oxygens (including phenoxy) is 1. The number of halogens is 2. The number of nitrogens with one attached hydrogen (secondary N) is 3. The number of alkyl carbamates (subject to hydrolysis) is 1. The van der Waals surface area contributed by atoms with Crippen molar-refractivity contribution in [3.8, 4) is 0 Å². The third-order valence-electron chi connectivity index (χ3n) is 7.96. The minimum Gasteiger partial charge on any atom is -0.444 e. The van der Waals surface area contributed by atoms with Crippen molar-refractivity contribution in [2.45, 2.75) is 82.1 Å². The van der Waals surface area contributed by atoms with E-state index in [2.05, 4.69) is 25.9 Å². The van der Waals surface area contributed by atoms with Crippen molar-refractivity contribution in [2.75, 3.05) is 11.9 Å². The van der Waals surface area contributed by atoms with Gasteiger partial charge in [0.2, 0.25) is 0 Å². The Hall–Kier alpha value is -3.39. The maximum absolute atomic E-state index is 15.9. The molecule has 0 saturated carbocycles. The maximum atomic E-state index is 15.9. The van der Waals surface area contributed by atoms with Crippen LogP contribution in [0, 0.1) is 12.7 Å². The van der Waals surface area contributed by atoms with Crippen molar-refractivity contribution in [1.82, 2.24) is 25.0 Å². The smallest absolute Gasteiger partial charge is 0.413 e. The van der Waals surface area contributed by atoms with E-state index < -0.39 is 49.1 Å². The van der Waals surface area contributed by atoms with E-state index in [1.807, 2.05) is 19.3 Å². The van der Waals surface area contributed by atoms with Crippen LogP contribution in [0.25, 0.3) is 5.65 Å². The van der Waals surface area contributed by atoms with Gasteiger partial charge in [-0.05, 0) is 92.1 Å². The minimum atomic E-state index is -1.31. The largest absolute Gasteiger partial charge is 0.444 e. The summed E-state index contributed by atoms with van der Waals surface area (Å²) in [6.45, 7) is 13.3. The molecule has 0 saturated heterocycles. The number of aliphatic imine (C=N–C) groups is 1. The number of carbonyl (C=O) groups excluding carboxylic acids is 2. The molecular formula is C30H38ClFN8O3S. The summed E-state index contributed by atoms with van der Waals surface area (Å²) < 4.78 is 22.5. The number of carbonyl (C=O) groups is 2. The summed E-state index contributed by atoms with van der Waals surface area (Å²) in [4.78, 5) is 39.6. The number of imidazole rings is 1. The Morgan fingerprint density at radius 1 is 1.16 bits per heavy atom. The molecule has 0 aromatic carbocycles. The maximum Gasteiger partial charge on any atom is 0.413 e. The molecule has 3 aromatic rings. The van der Waals surface area contributed by atoms with Gasteiger partial charge in [0.05, 0.1) is 20.3 Å². The van der Waals surface area contributed by atoms with E-state index in [-0.39, 0.29) is 17.2 Å². The average Bonchev–Trinajstić information content (AvgIpc) is 3.22. The van der Waals surface area contributed by atoms with Crippen molar-refractivity contribution in [3.05, 3.63) is 58.4 Å². The van der Waals surface area contributed by atoms with Crippen LogP contribution in [0.2, 0.25) is 5.02 Å². The molecule has 0 spiro atoms. The van der Waals surface area contributed by atoms with Crippen molar-refractivity contribution in [1.29, 1.82) is 0 Å². The van der Waals surface area contributed by atoms with Crippen molar-refractivity contribution in [3.63, 3.8) is 0 Å². The molecule has 236 valence electrons. The van der Waals surface area contributed by atoms with Crippen LogP contribution in [0.5, 0.6) is 0 Å². The van der Waals surface area contributed by atoms with E-state index in [0.29, 0.717) is 41.6 Å². The lowest BCUT2D eigenvalue weighted by Gasteiger charge is -2.60. The first-order chi connectivity index (χ1) is 20.5. The van der Waals surface area contributed by atoms with Crippen LogP contribution in [-0.2, 0) is 10.3 Å². The van der Waals surface area contributed by atoms with E-state index in [0.717, 1.165) is 0 Å². The van der Waals surface area contributed by atoms with Gasteiger partial charge < -0.3 is 20.2 Å². The summed E-state index contributed by atoms with van der Waals surface area (Å²) >= 11 is 6.13. The third kappa shape index (κ3) is 5.40. The van der Waals surface area contributed by atoms with Gasteiger partial charge in [-0.15, -0.1) is 10.5 Å². The number of rotatable bonds is 6. The first-order valence-electron chi connectivity index (χ1n) is 14.3. The zero-order valence-electron chi connectivity index (χ0n) is 25.8. The second-order valence-corrected chi connectivity index (χ2v) is 15.7. The molecule has 1 unspecified atom stereocenters. The summed E-state index contributed by atoms with van der Waals surface area (Å²) in [5.41, 5.74) is 7.23. The third-order valence-corrected chi connectivity index (χ3v) is 11.3. The van der Waals surface area contributed by atoms with Crippen LogP contribution in [0.1, 0.15) is 76.3 Å². The highest BCUT2D eigenvalue weighted by atomic mass is 35.5. The zero-order chi connectivity index (χ0) is 32.2. The van der Waals surface area contributed by atoms with Gasteiger partial charge in [-0.25, -0.2) is 19.2 Å². The summed E-state index contributed by atoms with van der Waals surface area (Å²) in [6.07, 6.45) is 2.25. The standard InChI is InChI=1S/C30H38ClFN8O3S/c1-17-22(37-21-12-9-18(31)15-40(17)21)24(41)36-20-11-10-19(32)23(35-20)29(7)30(13-8-14-33)34-16-44(30)28(5,6)25(39-29)38-26(42)43-27(2,3)4/h9-12,15-16,34H,8,13-14,33H2,1-7H3,(H,35,36,41)(H,38,39,42)/t29-,30?,44-/m1/s1. The Bertz CT molecular complexity index is 1730. The summed E-state index contributed by atoms with van der Waals surface area (Å²) in [7, 11) is -0.544. The Balaban J connectivity index is 1.57. The fourth-order valence-electron chi connectivity index (χ4n) is 5.73. The number of hydrogen-bond donors (Lipinski definition) is 4. The molecule has 11 nitrogen and oxygen atoms in total. The SMILES string of the molecule is Cc1c(C(=O)Nc2ccc(F)c([C@@]3(C)N=C(NC(=O)OC(C)(C)C)C(C)(C)[S@]4=CNC43CCCN)n2)nc2ccc(Cl)cn12. The number of fused-ring (bicyclic) bond motifs is 2. The molecule has 5 N–H and O–H groups in total. The lowest BCUT2D eigenvalue weighted by molar-refractivity contribution is 0.0560. The second-order valence-electron chi connectivity index (χ2n) is 12.6. The van der Waals surface area contributed by atoms with Gasteiger partial charge in [-0.3, -0.25) is 20.4 Å². The Morgan fingerprint density at radius 3 is 2.52 bits per heavy atom. The molecule has 5 heterocycles. The molecule has 2 aliphatic heterocycles. The predicted octanol–water partition coefficient (Wildman–Crippen LogP) is 5.08. The first kappa shape index (κ1) is 32.0. The Morgan fingerprint density at radius 2 is 1.89 bits per heavy atom. The van der Waals surface area contributed by atoms with Gasteiger partial charge in [-0.2, -0.15) is 0 Å². The van der Waals surface area contributed by atoms with Gasteiger partial charge in [0, 0.05) is 11.7 Å². The van der Waals surface area contributed by atoms with Gasteiger partial charge in [0.1, 0.15) is 40.0 Å². The summed E-state index contributed by atoms with van der Waals surface area (Å²) in [5.74, 6) is -0.631. The number of aryl methyl sites for hydroxylation is 1. The number of amides is 2. The van der Waals surface area contributed by atoms with E-state index in [1.54, 1.807) is 57.3 Å². The first-order valence-corrected chi connectivity index (χ1v) is 16.0. The number of aromatic nitrogens is 3.